The molecule has 0 radical (unpaired) electrons. The molecular formula is C10H15N3O. The molecule has 0 unspecified atom stereocenters. The van der Waals surface area contributed by atoms with Gasteiger partial charge in [-0.05, 0) is 26.7 Å². The maximum absolute atomic E-state index is 11.8. The number of carbonyl (C=O) groups is 1. The largest absolute Gasteiger partial charge is 0.349 e. The van der Waals surface area contributed by atoms with Crippen LogP contribution >= 0.6 is 0 Å². The summed E-state index contributed by atoms with van der Waals surface area (Å²) in [6.45, 7) is 3.79. The Morgan fingerprint density at radius 2 is 2.14 bits per heavy atom. The topological polar surface area (TPSA) is 46.9 Å². The van der Waals surface area contributed by atoms with Crippen LogP contribution in [-0.2, 0) is 7.05 Å². The molecule has 1 amide bonds. The first kappa shape index (κ1) is 9.24. The first-order valence-electron chi connectivity index (χ1n) is 4.90. The lowest BCUT2D eigenvalue weighted by Crippen LogP contribution is -2.26. The zero-order valence-corrected chi connectivity index (χ0v) is 8.79. The Morgan fingerprint density at radius 3 is 2.57 bits per heavy atom. The summed E-state index contributed by atoms with van der Waals surface area (Å²) in [4.78, 5) is 11.8. The van der Waals surface area contributed by atoms with Crippen LogP contribution in [0, 0.1) is 13.8 Å². The third kappa shape index (κ3) is 1.52. The van der Waals surface area contributed by atoms with Gasteiger partial charge >= 0.3 is 0 Å². The second-order valence-electron chi connectivity index (χ2n) is 3.92. The van der Waals surface area contributed by atoms with Crippen molar-refractivity contribution in [2.24, 2.45) is 7.05 Å². The number of hydrogen-bond acceptors (Lipinski definition) is 2. The van der Waals surface area contributed by atoms with Crippen LogP contribution in [0.5, 0.6) is 0 Å². The highest BCUT2D eigenvalue weighted by Gasteiger charge is 2.26. The molecule has 0 spiro atoms. The van der Waals surface area contributed by atoms with Crippen LogP contribution < -0.4 is 5.32 Å². The van der Waals surface area contributed by atoms with Gasteiger partial charge in [-0.3, -0.25) is 9.48 Å². The van der Waals surface area contributed by atoms with E-state index in [1.165, 1.54) is 0 Å². The Hall–Kier alpha value is -1.32. The monoisotopic (exact) mass is 193 g/mol. The number of nitrogens with one attached hydrogen (secondary N) is 1. The van der Waals surface area contributed by atoms with Gasteiger partial charge in [-0.1, -0.05) is 0 Å². The van der Waals surface area contributed by atoms with Crippen LogP contribution in [0.2, 0.25) is 0 Å². The van der Waals surface area contributed by atoms with Crippen molar-refractivity contribution < 1.29 is 4.79 Å². The second kappa shape index (κ2) is 3.12. The molecule has 2 rings (SSSR count). The van der Waals surface area contributed by atoms with E-state index in [1.807, 2.05) is 20.9 Å². The molecule has 0 aliphatic heterocycles. The normalized spacial score (nSPS) is 15.6. The molecule has 0 saturated heterocycles. The highest BCUT2D eigenvalue weighted by molar-refractivity contribution is 5.96. The first-order valence-corrected chi connectivity index (χ1v) is 4.90. The number of aryl methyl sites for hydroxylation is 2. The number of hydrogen-bond donors (Lipinski definition) is 1. The molecule has 1 N–H and O–H groups in total. The minimum absolute atomic E-state index is 0.0237. The van der Waals surface area contributed by atoms with Crippen LogP contribution in [0.3, 0.4) is 0 Å². The fourth-order valence-corrected chi connectivity index (χ4v) is 1.59. The molecule has 14 heavy (non-hydrogen) atoms. The molecule has 0 aromatic carbocycles. The lowest BCUT2D eigenvalue weighted by molar-refractivity contribution is 0.0950. The molecule has 0 bridgehead atoms. The third-order valence-corrected chi connectivity index (χ3v) is 2.65. The first-order chi connectivity index (χ1) is 6.59. The number of carbonyl (C=O) groups excluding carboxylic acids is 1. The summed E-state index contributed by atoms with van der Waals surface area (Å²) in [6, 6.07) is 0.404. The van der Waals surface area contributed by atoms with Crippen LogP contribution in [0.1, 0.15) is 34.6 Å². The van der Waals surface area contributed by atoms with Crippen LogP contribution in [0.15, 0.2) is 0 Å². The van der Waals surface area contributed by atoms with Gasteiger partial charge in [0.15, 0.2) is 0 Å². The van der Waals surface area contributed by atoms with Crippen molar-refractivity contribution in [1.29, 1.82) is 0 Å². The highest BCUT2D eigenvalue weighted by Crippen LogP contribution is 2.20. The molecule has 1 aromatic heterocycles. The van der Waals surface area contributed by atoms with Gasteiger partial charge in [0.25, 0.3) is 5.91 Å². The molecule has 4 nitrogen and oxygen atoms in total. The second-order valence-corrected chi connectivity index (χ2v) is 3.92. The van der Waals surface area contributed by atoms with E-state index in [1.54, 1.807) is 4.68 Å². The van der Waals surface area contributed by atoms with Gasteiger partial charge < -0.3 is 5.32 Å². The van der Waals surface area contributed by atoms with E-state index in [0.29, 0.717) is 6.04 Å². The van der Waals surface area contributed by atoms with Crippen LogP contribution in [-0.4, -0.2) is 21.7 Å². The smallest absolute Gasteiger partial charge is 0.255 e. The molecule has 1 aliphatic carbocycles. The van der Waals surface area contributed by atoms with Crippen molar-refractivity contribution in [3.8, 4) is 0 Å². The summed E-state index contributed by atoms with van der Waals surface area (Å²) >= 11 is 0. The van der Waals surface area contributed by atoms with Crippen LogP contribution in [0.25, 0.3) is 0 Å². The van der Waals surface area contributed by atoms with Crippen molar-refractivity contribution in [3.05, 3.63) is 17.0 Å². The molecular weight excluding hydrogens is 178 g/mol. The predicted octanol–water partition coefficient (Wildman–Crippen LogP) is 0.929. The summed E-state index contributed by atoms with van der Waals surface area (Å²) in [5, 5.41) is 7.19. The number of aromatic nitrogens is 2. The summed E-state index contributed by atoms with van der Waals surface area (Å²) < 4.78 is 1.75. The molecule has 1 saturated carbocycles. The van der Waals surface area contributed by atoms with Gasteiger partial charge in [-0.15, -0.1) is 0 Å². The molecule has 1 fully saturated rings. The molecule has 1 aromatic rings. The quantitative estimate of drug-likeness (QED) is 0.759. The molecule has 0 atom stereocenters. The SMILES string of the molecule is Cc1nn(C)c(C)c1C(=O)NC1CC1. The van der Waals surface area contributed by atoms with Crippen LogP contribution in [0.4, 0.5) is 0 Å². The number of rotatable bonds is 2. The van der Waals surface area contributed by atoms with Gasteiger partial charge in [-0.25, -0.2) is 0 Å². The maximum atomic E-state index is 11.8. The van der Waals surface area contributed by atoms with E-state index >= 15 is 0 Å². The molecule has 76 valence electrons. The fourth-order valence-electron chi connectivity index (χ4n) is 1.59. The van der Waals surface area contributed by atoms with Crippen molar-refractivity contribution >= 4 is 5.91 Å². The Bertz CT molecular complexity index is 377. The summed E-state index contributed by atoms with van der Waals surface area (Å²) in [5.41, 5.74) is 2.48. The minimum Gasteiger partial charge on any atom is -0.349 e. The number of nitrogens with zero attached hydrogens (tertiary/aromatic N) is 2. The van der Waals surface area contributed by atoms with E-state index in [-0.39, 0.29) is 5.91 Å². The standard InChI is InChI=1S/C10H15N3O/c1-6-9(7(2)13(3)12-6)10(14)11-8-4-5-8/h8H,4-5H2,1-3H3,(H,11,14). The van der Waals surface area contributed by atoms with E-state index in [9.17, 15) is 4.79 Å². The lowest BCUT2D eigenvalue weighted by Gasteiger charge is -2.02. The third-order valence-electron chi connectivity index (χ3n) is 2.65. The zero-order valence-electron chi connectivity index (χ0n) is 8.79. The average Bonchev–Trinajstić information content (AvgIpc) is 2.83. The van der Waals surface area contributed by atoms with Crippen molar-refractivity contribution in [2.75, 3.05) is 0 Å². The van der Waals surface area contributed by atoms with Gasteiger partial charge in [-0.2, -0.15) is 5.10 Å². The van der Waals surface area contributed by atoms with Crippen molar-refractivity contribution in [3.63, 3.8) is 0 Å². The van der Waals surface area contributed by atoms with Crippen molar-refractivity contribution in [1.82, 2.24) is 15.1 Å². The fraction of sp³-hybridized carbons (Fsp3) is 0.600. The zero-order chi connectivity index (χ0) is 10.3. The Labute approximate surface area is 83.3 Å². The summed E-state index contributed by atoms with van der Waals surface area (Å²) in [6.07, 6.45) is 2.23. The van der Waals surface area contributed by atoms with Gasteiger partial charge in [0.2, 0.25) is 0 Å². The Kier molecular flexibility index (Phi) is 2.06. The van der Waals surface area contributed by atoms with Gasteiger partial charge in [0.1, 0.15) is 0 Å². The Morgan fingerprint density at radius 1 is 1.50 bits per heavy atom. The van der Waals surface area contributed by atoms with E-state index in [4.69, 9.17) is 0 Å². The van der Waals surface area contributed by atoms with Crippen molar-refractivity contribution in [2.45, 2.75) is 32.7 Å². The maximum Gasteiger partial charge on any atom is 0.255 e. The van der Waals surface area contributed by atoms with E-state index in [0.717, 1.165) is 29.8 Å². The molecule has 1 heterocycles. The van der Waals surface area contributed by atoms with Gasteiger partial charge in [0, 0.05) is 18.8 Å². The molecule has 1 aliphatic rings. The Balaban J connectivity index is 2.24. The summed E-state index contributed by atoms with van der Waals surface area (Å²) in [5.74, 6) is 0.0237. The number of amides is 1. The summed E-state index contributed by atoms with van der Waals surface area (Å²) in [7, 11) is 1.86. The lowest BCUT2D eigenvalue weighted by atomic mass is 10.2. The highest BCUT2D eigenvalue weighted by atomic mass is 16.1. The van der Waals surface area contributed by atoms with E-state index in [2.05, 4.69) is 10.4 Å². The average molecular weight is 193 g/mol. The van der Waals surface area contributed by atoms with Gasteiger partial charge in [0.05, 0.1) is 11.3 Å². The van der Waals surface area contributed by atoms with E-state index < -0.39 is 0 Å². The molecule has 4 heteroatoms. The minimum atomic E-state index is 0.0237. The predicted molar refractivity (Wildman–Crippen MR) is 53.2 cm³/mol.